The van der Waals surface area contributed by atoms with Gasteiger partial charge < -0.3 is 15.0 Å². The standard InChI is InChI=1S/C26H28N4O3/c1-18-22(26(32)29-20-7-4-3-5-8-20)17-27-25(28-18)23-9-6-16-30(23)24(31)15-12-19-10-13-21(33-2)14-11-19/h3-5,7-8,10-11,13-14,17,23H,6,9,12,15-16H2,1-2H3,(H,29,32)/t23-/m1/s1. The van der Waals surface area contributed by atoms with Crippen LogP contribution in [0.2, 0.25) is 0 Å². The summed E-state index contributed by atoms with van der Waals surface area (Å²) in [6.45, 7) is 2.50. The maximum Gasteiger partial charge on any atom is 0.259 e. The predicted molar refractivity (Wildman–Crippen MR) is 126 cm³/mol. The lowest BCUT2D eigenvalue weighted by atomic mass is 10.1. The monoisotopic (exact) mass is 444 g/mol. The van der Waals surface area contributed by atoms with Gasteiger partial charge >= 0.3 is 0 Å². The van der Waals surface area contributed by atoms with E-state index in [9.17, 15) is 9.59 Å². The van der Waals surface area contributed by atoms with E-state index in [-0.39, 0.29) is 17.9 Å². The highest BCUT2D eigenvalue weighted by molar-refractivity contribution is 6.04. The van der Waals surface area contributed by atoms with Gasteiger partial charge in [-0.05, 0) is 56.0 Å². The van der Waals surface area contributed by atoms with Gasteiger partial charge in [-0.25, -0.2) is 9.97 Å². The van der Waals surface area contributed by atoms with Gasteiger partial charge in [0.1, 0.15) is 5.75 Å². The summed E-state index contributed by atoms with van der Waals surface area (Å²) < 4.78 is 5.19. The van der Waals surface area contributed by atoms with Gasteiger partial charge in [0.05, 0.1) is 24.4 Å². The molecule has 0 spiro atoms. The number of aromatic nitrogens is 2. The van der Waals surface area contributed by atoms with E-state index < -0.39 is 0 Å². The molecule has 3 aromatic rings. The Morgan fingerprint density at radius 3 is 2.58 bits per heavy atom. The molecule has 170 valence electrons. The summed E-state index contributed by atoms with van der Waals surface area (Å²) in [5.74, 6) is 1.25. The molecule has 0 bridgehead atoms. The number of benzene rings is 2. The molecule has 1 N–H and O–H groups in total. The predicted octanol–water partition coefficient (Wildman–Crippen LogP) is 4.34. The van der Waals surface area contributed by atoms with E-state index in [0.717, 1.165) is 29.8 Å². The van der Waals surface area contributed by atoms with Gasteiger partial charge in [-0.1, -0.05) is 30.3 Å². The lowest BCUT2D eigenvalue weighted by molar-refractivity contribution is -0.132. The van der Waals surface area contributed by atoms with Crippen molar-refractivity contribution in [2.75, 3.05) is 19.0 Å². The summed E-state index contributed by atoms with van der Waals surface area (Å²) in [5, 5.41) is 2.86. The molecule has 0 unspecified atom stereocenters. The Bertz CT molecular complexity index is 1120. The molecule has 1 saturated heterocycles. The Kier molecular flexibility index (Phi) is 6.98. The van der Waals surface area contributed by atoms with Crippen molar-refractivity contribution in [3.63, 3.8) is 0 Å². The lowest BCUT2D eigenvalue weighted by Crippen LogP contribution is -2.32. The van der Waals surface area contributed by atoms with Crippen molar-refractivity contribution < 1.29 is 14.3 Å². The third kappa shape index (κ3) is 5.37. The van der Waals surface area contributed by atoms with Crippen LogP contribution in [0.15, 0.2) is 60.8 Å². The molecular weight excluding hydrogens is 416 g/mol. The van der Waals surface area contributed by atoms with Gasteiger partial charge in [0, 0.05) is 24.8 Å². The zero-order valence-corrected chi connectivity index (χ0v) is 19.0. The Morgan fingerprint density at radius 2 is 1.88 bits per heavy atom. The van der Waals surface area contributed by atoms with Gasteiger partial charge in [0.25, 0.3) is 5.91 Å². The van der Waals surface area contributed by atoms with Crippen molar-refractivity contribution in [1.29, 1.82) is 0 Å². The van der Waals surface area contributed by atoms with E-state index in [0.29, 0.717) is 36.5 Å². The van der Waals surface area contributed by atoms with Crippen LogP contribution in [0.25, 0.3) is 0 Å². The minimum absolute atomic E-state index is 0.0977. The number of carbonyl (C=O) groups excluding carboxylic acids is 2. The molecule has 1 atom stereocenters. The lowest BCUT2D eigenvalue weighted by Gasteiger charge is -2.24. The van der Waals surface area contributed by atoms with Gasteiger partial charge in [-0.15, -0.1) is 0 Å². The molecule has 2 aromatic carbocycles. The zero-order valence-electron chi connectivity index (χ0n) is 19.0. The number of hydrogen-bond donors (Lipinski definition) is 1. The van der Waals surface area contributed by atoms with E-state index in [4.69, 9.17) is 4.74 Å². The van der Waals surface area contributed by atoms with Crippen LogP contribution in [0.1, 0.15) is 52.7 Å². The van der Waals surface area contributed by atoms with Crippen molar-refractivity contribution in [2.45, 2.75) is 38.6 Å². The first-order chi connectivity index (χ1) is 16.0. The molecule has 7 heteroatoms. The van der Waals surface area contributed by atoms with Crippen LogP contribution >= 0.6 is 0 Å². The number of para-hydroxylation sites is 1. The zero-order chi connectivity index (χ0) is 23.2. The van der Waals surface area contributed by atoms with Crippen LogP contribution in [0, 0.1) is 6.92 Å². The van der Waals surface area contributed by atoms with Crippen LogP contribution < -0.4 is 10.1 Å². The van der Waals surface area contributed by atoms with Crippen molar-refractivity contribution >= 4 is 17.5 Å². The minimum atomic E-state index is -0.246. The summed E-state index contributed by atoms with van der Waals surface area (Å²) in [4.78, 5) is 36.6. The quantitative estimate of drug-likeness (QED) is 0.586. The highest BCUT2D eigenvalue weighted by Gasteiger charge is 2.32. The van der Waals surface area contributed by atoms with E-state index in [1.807, 2.05) is 59.5 Å². The summed E-state index contributed by atoms with van der Waals surface area (Å²) in [6.07, 6.45) is 4.40. The molecule has 1 aliphatic heterocycles. The summed E-state index contributed by atoms with van der Waals surface area (Å²) in [6, 6.07) is 16.9. The number of amides is 2. The van der Waals surface area contributed by atoms with E-state index >= 15 is 0 Å². The first kappa shape index (κ1) is 22.5. The van der Waals surface area contributed by atoms with Crippen LogP contribution in [-0.2, 0) is 11.2 Å². The molecule has 7 nitrogen and oxygen atoms in total. The Labute approximate surface area is 193 Å². The summed E-state index contributed by atoms with van der Waals surface area (Å²) in [7, 11) is 1.64. The smallest absolute Gasteiger partial charge is 0.259 e. The first-order valence-corrected chi connectivity index (χ1v) is 11.2. The summed E-state index contributed by atoms with van der Waals surface area (Å²) in [5.41, 5.74) is 2.85. The van der Waals surface area contributed by atoms with Crippen LogP contribution in [0.5, 0.6) is 5.75 Å². The largest absolute Gasteiger partial charge is 0.497 e. The fourth-order valence-electron chi connectivity index (χ4n) is 4.11. The number of methoxy groups -OCH3 is 1. The first-order valence-electron chi connectivity index (χ1n) is 11.2. The molecule has 0 saturated carbocycles. The molecular formula is C26H28N4O3. The second-order valence-corrected chi connectivity index (χ2v) is 8.14. The average Bonchev–Trinajstić information content (AvgIpc) is 3.33. The Morgan fingerprint density at radius 1 is 1.12 bits per heavy atom. The van der Waals surface area contributed by atoms with E-state index in [1.54, 1.807) is 20.2 Å². The van der Waals surface area contributed by atoms with Gasteiger partial charge in [0.2, 0.25) is 5.91 Å². The van der Waals surface area contributed by atoms with E-state index in [1.165, 1.54) is 0 Å². The number of ether oxygens (including phenoxy) is 1. The SMILES string of the molecule is COc1ccc(CCC(=O)N2CCC[C@@H]2c2ncc(C(=O)Nc3ccccc3)c(C)n2)cc1. The number of nitrogens with zero attached hydrogens (tertiary/aromatic N) is 3. The molecule has 33 heavy (non-hydrogen) atoms. The fraction of sp³-hybridized carbons (Fsp3) is 0.308. The van der Waals surface area contributed by atoms with E-state index in [2.05, 4.69) is 15.3 Å². The normalized spacial score (nSPS) is 15.3. The highest BCUT2D eigenvalue weighted by Crippen LogP contribution is 2.31. The number of likely N-dealkylation sites (tertiary alicyclic amines) is 1. The van der Waals surface area contributed by atoms with Crippen molar-refractivity contribution in [3.8, 4) is 5.75 Å². The molecule has 0 radical (unpaired) electrons. The molecule has 1 fully saturated rings. The third-order valence-corrected chi connectivity index (χ3v) is 5.93. The molecule has 2 amide bonds. The molecule has 0 aliphatic carbocycles. The van der Waals surface area contributed by atoms with Gasteiger partial charge in [-0.2, -0.15) is 0 Å². The van der Waals surface area contributed by atoms with Crippen molar-refractivity contribution in [1.82, 2.24) is 14.9 Å². The van der Waals surface area contributed by atoms with Gasteiger partial charge in [-0.3, -0.25) is 9.59 Å². The topological polar surface area (TPSA) is 84.4 Å². The summed E-state index contributed by atoms with van der Waals surface area (Å²) >= 11 is 0. The number of anilines is 1. The molecule has 2 heterocycles. The second kappa shape index (κ2) is 10.3. The van der Waals surface area contributed by atoms with Crippen LogP contribution in [-0.4, -0.2) is 40.3 Å². The molecule has 4 rings (SSSR count). The number of hydrogen-bond acceptors (Lipinski definition) is 5. The number of rotatable bonds is 7. The number of carbonyl (C=O) groups is 2. The fourth-order valence-corrected chi connectivity index (χ4v) is 4.11. The van der Waals surface area contributed by atoms with Crippen LogP contribution in [0.4, 0.5) is 5.69 Å². The second-order valence-electron chi connectivity index (χ2n) is 8.14. The number of nitrogens with one attached hydrogen (secondary N) is 1. The van der Waals surface area contributed by atoms with Crippen molar-refractivity contribution in [3.05, 3.63) is 83.4 Å². The average molecular weight is 445 g/mol. The molecule has 1 aromatic heterocycles. The Hall–Kier alpha value is -3.74. The Balaban J connectivity index is 1.41. The van der Waals surface area contributed by atoms with Crippen LogP contribution in [0.3, 0.4) is 0 Å². The van der Waals surface area contributed by atoms with Crippen molar-refractivity contribution in [2.24, 2.45) is 0 Å². The third-order valence-electron chi connectivity index (χ3n) is 5.93. The molecule has 1 aliphatic rings. The highest BCUT2D eigenvalue weighted by atomic mass is 16.5. The maximum atomic E-state index is 13.0. The number of aryl methyl sites for hydroxylation is 2. The minimum Gasteiger partial charge on any atom is -0.497 e. The van der Waals surface area contributed by atoms with Gasteiger partial charge in [0.15, 0.2) is 5.82 Å². The maximum absolute atomic E-state index is 13.0.